The molecule has 1 N–H and O–H groups in total. The van der Waals surface area contributed by atoms with Crippen molar-refractivity contribution in [1.29, 1.82) is 0 Å². The Hall–Kier alpha value is -2.99. The highest BCUT2D eigenvalue weighted by atomic mass is 32.1. The Kier molecular flexibility index (Phi) is 5.76. The first-order chi connectivity index (χ1) is 12.6. The van der Waals surface area contributed by atoms with E-state index in [1.807, 2.05) is 66.9 Å². The Morgan fingerprint density at radius 1 is 1.08 bits per heavy atom. The molecule has 0 aliphatic heterocycles. The van der Waals surface area contributed by atoms with E-state index in [0.29, 0.717) is 5.13 Å². The molecule has 0 saturated heterocycles. The van der Waals surface area contributed by atoms with Crippen LogP contribution in [-0.4, -0.2) is 23.5 Å². The molecule has 0 bridgehead atoms. The summed E-state index contributed by atoms with van der Waals surface area (Å²) < 4.78 is 5.01. The van der Waals surface area contributed by atoms with Crippen LogP contribution < -0.4 is 5.32 Å². The van der Waals surface area contributed by atoms with Gasteiger partial charge in [0, 0.05) is 10.9 Å². The van der Waals surface area contributed by atoms with E-state index >= 15 is 0 Å². The molecular weight excluding hydrogens is 348 g/mol. The number of hydrogen-bond acceptors (Lipinski definition) is 5. The lowest BCUT2D eigenvalue weighted by molar-refractivity contribution is -0.146. The summed E-state index contributed by atoms with van der Waals surface area (Å²) in [5.41, 5.74) is 3.81. The van der Waals surface area contributed by atoms with Crippen LogP contribution in [0.2, 0.25) is 0 Å². The highest BCUT2D eigenvalue weighted by Crippen LogP contribution is 2.25. The molecule has 0 spiro atoms. The Morgan fingerprint density at radius 2 is 1.81 bits per heavy atom. The van der Waals surface area contributed by atoms with Crippen molar-refractivity contribution in [3.05, 3.63) is 71.1 Å². The summed E-state index contributed by atoms with van der Waals surface area (Å²) in [5, 5.41) is 5.01. The lowest BCUT2D eigenvalue weighted by Gasteiger charge is -2.05. The maximum absolute atomic E-state index is 11.9. The van der Waals surface area contributed by atoms with E-state index in [9.17, 15) is 9.59 Å². The van der Waals surface area contributed by atoms with Gasteiger partial charge in [-0.15, -0.1) is 11.3 Å². The molecule has 0 aliphatic carbocycles. The van der Waals surface area contributed by atoms with Crippen molar-refractivity contribution < 1.29 is 14.3 Å². The van der Waals surface area contributed by atoms with Gasteiger partial charge in [0.25, 0.3) is 5.91 Å². The molecule has 1 heterocycles. The van der Waals surface area contributed by atoms with Gasteiger partial charge in [0.1, 0.15) is 0 Å². The third-order valence-corrected chi connectivity index (χ3v) is 4.41. The monoisotopic (exact) mass is 366 g/mol. The first kappa shape index (κ1) is 17.8. The first-order valence-electron chi connectivity index (χ1n) is 8.12. The highest BCUT2D eigenvalue weighted by Gasteiger charge is 2.11. The van der Waals surface area contributed by atoms with Crippen LogP contribution in [0.1, 0.15) is 11.1 Å². The minimum Gasteiger partial charge on any atom is -0.455 e. The normalized spacial score (nSPS) is 10.3. The van der Waals surface area contributed by atoms with E-state index in [1.165, 1.54) is 16.9 Å². The molecule has 0 aliphatic rings. The van der Waals surface area contributed by atoms with E-state index in [2.05, 4.69) is 10.3 Å². The Bertz CT molecular complexity index is 889. The van der Waals surface area contributed by atoms with Crippen LogP contribution in [0.4, 0.5) is 5.13 Å². The third kappa shape index (κ3) is 5.00. The zero-order valence-electron chi connectivity index (χ0n) is 14.3. The average molecular weight is 366 g/mol. The SMILES string of the molecule is Cc1ccc(-c2csc(NC(=O)COC(=O)Cc3ccccc3)n2)cc1. The van der Waals surface area contributed by atoms with Crippen molar-refractivity contribution in [2.45, 2.75) is 13.3 Å². The average Bonchev–Trinajstić information content (AvgIpc) is 3.10. The topological polar surface area (TPSA) is 68.3 Å². The molecule has 3 aromatic rings. The molecule has 2 aromatic carbocycles. The van der Waals surface area contributed by atoms with Gasteiger partial charge in [-0.25, -0.2) is 4.98 Å². The molecule has 5 nitrogen and oxygen atoms in total. The second-order valence-electron chi connectivity index (χ2n) is 5.78. The molecule has 0 radical (unpaired) electrons. The van der Waals surface area contributed by atoms with E-state index in [-0.39, 0.29) is 13.0 Å². The molecular formula is C20H18N2O3S. The van der Waals surface area contributed by atoms with Crippen LogP contribution in [0.3, 0.4) is 0 Å². The largest absolute Gasteiger partial charge is 0.455 e. The van der Waals surface area contributed by atoms with Crippen molar-refractivity contribution in [2.75, 3.05) is 11.9 Å². The van der Waals surface area contributed by atoms with Crippen LogP contribution in [0.25, 0.3) is 11.3 Å². The summed E-state index contributed by atoms with van der Waals surface area (Å²) in [5.74, 6) is -0.845. The maximum atomic E-state index is 11.9. The molecule has 3 rings (SSSR count). The van der Waals surface area contributed by atoms with Gasteiger partial charge in [0.05, 0.1) is 12.1 Å². The number of carbonyl (C=O) groups is 2. The standard InChI is InChI=1S/C20H18N2O3S/c1-14-7-9-16(10-8-14)17-13-26-20(21-17)22-18(23)12-25-19(24)11-15-5-3-2-4-6-15/h2-10,13H,11-12H2,1H3,(H,21,22,23). The van der Waals surface area contributed by atoms with Gasteiger partial charge in [-0.2, -0.15) is 0 Å². The van der Waals surface area contributed by atoms with Gasteiger partial charge in [-0.3, -0.25) is 14.9 Å². The number of benzene rings is 2. The lowest BCUT2D eigenvalue weighted by atomic mass is 10.1. The molecule has 1 aromatic heterocycles. The number of carbonyl (C=O) groups excluding carboxylic acids is 2. The van der Waals surface area contributed by atoms with Gasteiger partial charge in [-0.05, 0) is 12.5 Å². The maximum Gasteiger partial charge on any atom is 0.310 e. The molecule has 6 heteroatoms. The van der Waals surface area contributed by atoms with Crippen LogP contribution in [0.15, 0.2) is 60.0 Å². The smallest absolute Gasteiger partial charge is 0.310 e. The second-order valence-corrected chi connectivity index (χ2v) is 6.63. The summed E-state index contributed by atoms with van der Waals surface area (Å²) in [4.78, 5) is 28.1. The van der Waals surface area contributed by atoms with Crippen LogP contribution >= 0.6 is 11.3 Å². The first-order valence-corrected chi connectivity index (χ1v) is 9.00. The Labute approximate surface area is 155 Å². The number of amides is 1. The zero-order chi connectivity index (χ0) is 18.4. The van der Waals surface area contributed by atoms with Crippen molar-refractivity contribution in [1.82, 2.24) is 4.98 Å². The number of hydrogen-bond donors (Lipinski definition) is 1. The van der Waals surface area contributed by atoms with Crippen molar-refractivity contribution in [3.8, 4) is 11.3 Å². The van der Waals surface area contributed by atoms with Gasteiger partial charge in [-0.1, -0.05) is 60.2 Å². The quantitative estimate of drug-likeness (QED) is 0.673. The Balaban J connectivity index is 1.49. The number of esters is 1. The fourth-order valence-electron chi connectivity index (χ4n) is 2.30. The summed E-state index contributed by atoms with van der Waals surface area (Å²) in [6, 6.07) is 17.3. The minimum atomic E-state index is -0.439. The van der Waals surface area contributed by atoms with Crippen molar-refractivity contribution >= 4 is 28.3 Å². The van der Waals surface area contributed by atoms with Crippen molar-refractivity contribution in [2.24, 2.45) is 0 Å². The number of aryl methyl sites for hydroxylation is 1. The fourth-order valence-corrected chi connectivity index (χ4v) is 3.04. The fraction of sp³-hybridized carbons (Fsp3) is 0.150. The van der Waals surface area contributed by atoms with E-state index in [1.54, 1.807) is 0 Å². The third-order valence-electron chi connectivity index (χ3n) is 3.65. The van der Waals surface area contributed by atoms with Gasteiger partial charge < -0.3 is 4.74 Å². The number of nitrogens with one attached hydrogen (secondary N) is 1. The Morgan fingerprint density at radius 3 is 2.54 bits per heavy atom. The zero-order valence-corrected chi connectivity index (χ0v) is 15.1. The van der Waals surface area contributed by atoms with Crippen LogP contribution in [0, 0.1) is 6.92 Å². The van der Waals surface area contributed by atoms with Crippen LogP contribution in [0.5, 0.6) is 0 Å². The predicted molar refractivity (Wildman–Crippen MR) is 102 cm³/mol. The molecule has 1 amide bonds. The predicted octanol–water partition coefficient (Wildman–Crippen LogP) is 3.84. The minimum absolute atomic E-state index is 0.142. The second kappa shape index (κ2) is 8.40. The van der Waals surface area contributed by atoms with Gasteiger partial charge in [0.15, 0.2) is 11.7 Å². The molecule has 0 fully saturated rings. The molecule has 0 atom stereocenters. The van der Waals surface area contributed by atoms with E-state index < -0.39 is 11.9 Å². The van der Waals surface area contributed by atoms with Crippen LogP contribution in [-0.2, 0) is 20.7 Å². The van der Waals surface area contributed by atoms with Gasteiger partial charge >= 0.3 is 5.97 Å². The molecule has 132 valence electrons. The number of nitrogens with zero attached hydrogens (tertiary/aromatic N) is 1. The van der Waals surface area contributed by atoms with Crippen molar-refractivity contribution in [3.63, 3.8) is 0 Å². The molecule has 26 heavy (non-hydrogen) atoms. The number of thiazole rings is 1. The van der Waals surface area contributed by atoms with E-state index in [0.717, 1.165) is 16.8 Å². The number of ether oxygens (including phenoxy) is 1. The summed E-state index contributed by atoms with van der Waals surface area (Å²) >= 11 is 1.33. The molecule has 0 unspecified atom stereocenters. The lowest BCUT2D eigenvalue weighted by Crippen LogP contribution is -2.21. The number of anilines is 1. The summed E-state index contributed by atoms with van der Waals surface area (Å²) in [6.07, 6.45) is 0.142. The van der Waals surface area contributed by atoms with Gasteiger partial charge in [0.2, 0.25) is 0 Å². The number of rotatable bonds is 6. The van der Waals surface area contributed by atoms with E-state index in [4.69, 9.17) is 4.74 Å². The summed E-state index contributed by atoms with van der Waals surface area (Å²) in [7, 11) is 0. The molecule has 0 saturated carbocycles. The number of aromatic nitrogens is 1. The summed E-state index contributed by atoms with van der Waals surface area (Å²) in [6.45, 7) is 1.70. The highest BCUT2D eigenvalue weighted by molar-refractivity contribution is 7.14.